The zero-order valence-corrected chi connectivity index (χ0v) is 16.5. The molecule has 1 aliphatic rings. The van der Waals surface area contributed by atoms with Crippen LogP contribution in [0.2, 0.25) is 0 Å². The molecular weight excluding hydrogens is 412 g/mol. The van der Waals surface area contributed by atoms with Crippen LogP contribution in [0.1, 0.15) is 10.6 Å². The summed E-state index contributed by atoms with van der Waals surface area (Å²) in [4.78, 5) is 51.2. The minimum absolute atomic E-state index is 0.0291. The zero-order valence-electron chi connectivity index (χ0n) is 14.9. The summed E-state index contributed by atoms with van der Waals surface area (Å²) in [6.45, 7) is 1.99. The molecule has 0 aliphatic carbocycles. The Kier molecular flexibility index (Phi) is 5.16. The molecule has 2 aromatic rings. The summed E-state index contributed by atoms with van der Waals surface area (Å²) in [6.07, 6.45) is 1.25. The number of aryl methyl sites for hydroxylation is 2. The third kappa shape index (κ3) is 3.73. The number of hydrogen-bond acceptors (Lipinski definition) is 9. The maximum absolute atomic E-state index is 12.5. The normalized spacial score (nSPS) is 15.1. The molecule has 2 amide bonds. The molecule has 0 spiro atoms. The van der Waals surface area contributed by atoms with Crippen LogP contribution in [0, 0.1) is 13.8 Å². The molecule has 28 heavy (non-hydrogen) atoms. The van der Waals surface area contributed by atoms with E-state index in [0.29, 0.717) is 9.31 Å². The van der Waals surface area contributed by atoms with Gasteiger partial charge in [0.15, 0.2) is 0 Å². The molecule has 0 aromatic carbocycles. The number of sulfonamides is 1. The highest BCUT2D eigenvalue weighted by molar-refractivity contribution is 7.91. The lowest BCUT2D eigenvalue weighted by molar-refractivity contribution is -0.142. The van der Waals surface area contributed by atoms with Gasteiger partial charge in [-0.15, -0.1) is 10.2 Å². The minimum atomic E-state index is -4.12. The SMILES string of the molecule is Cc1nnc(S(=O)(=O)N2CCN(C(=O)Cn3cc(C)c(=O)[nH]c3=O)CC2=O)s1. The van der Waals surface area contributed by atoms with E-state index in [4.69, 9.17) is 0 Å². The van der Waals surface area contributed by atoms with Crippen molar-refractivity contribution in [2.24, 2.45) is 0 Å². The topological polar surface area (TPSA) is 155 Å². The Morgan fingerprint density at radius 2 is 1.93 bits per heavy atom. The molecule has 0 radical (unpaired) electrons. The van der Waals surface area contributed by atoms with Crippen LogP contribution in [0.3, 0.4) is 0 Å². The summed E-state index contributed by atoms with van der Waals surface area (Å²) in [7, 11) is -4.12. The van der Waals surface area contributed by atoms with Gasteiger partial charge >= 0.3 is 5.69 Å². The van der Waals surface area contributed by atoms with E-state index >= 15 is 0 Å². The molecule has 1 N–H and O–H groups in total. The van der Waals surface area contributed by atoms with Crippen molar-refractivity contribution in [3.8, 4) is 0 Å². The molecule has 0 unspecified atom stereocenters. The molecule has 1 aliphatic heterocycles. The average molecular weight is 428 g/mol. The molecule has 0 saturated carbocycles. The number of amides is 2. The Bertz CT molecular complexity index is 1160. The van der Waals surface area contributed by atoms with E-state index in [1.807, 2.05) is 0 Å². The maximum atomic E-state index is 12.5. The van der Waals surface area contributed by atoms with Gasteiger partial charge in [-0.05, 0) is 13.8 Å². The highest BCUT2D eigenvalue weighted by Crippen LogP contribution is 2.21. The number of rotatable bonds is 4. The predicted molar refractivity (Wildman–Crippen MR) is 96.2 cm³/mol. The van der Waals surface area contributed by atoms with Crippen molar-refractivity contribution in [2.45, 2.75) is 24.7 Å². The Morgan fingerprint density at radius 1 is 1.21 bits per heavy atom. The molecule has 12 nitrogen and oxygen atoms in total. The van der Waals surface area contributed by atoms with Crippen molar-refractivity contribution >= 4 is 33.2 Å². The standard InChI is InChI=1S/C14H16N6O6S2/c1-8-5-19(13(24)15-12(8)23)6-10(21)18-3-4-20(11(22)7-18)28(25,26)14-17-16-9(2)27-14/h5H,3-4,6-7H2,1-2H3,(H,15,23,24). The summed E-state index contributed by atoms with van der Waals surface area (Å²) >= 11 is 0.852. The monoisotopic (exact) mass is 428 g/mol. The number of aromatic nitrogens is 4. The number of carbonyl (C=O) groups is 2. The number of hydrogen-bond donors (Lipinski definition) is 1. The molecule has 3 heterocycles. The Balaban J connectivity index is 1.72. The lowest BCUT2D eigenvalue weighted by Gasteiger charge is -2.33. The Hall–Kier alpha value is -2.87. The van der Waals surface area contributed by atoms with E-state index in [1.165, 1.54) is 13.1 Å². The summed E-state index contributed by atoms with van der Waals surface area (Å²) < 4.78 is 26.5. The quantitative estimate of drug-likeness (QED) is 0.590. The van der Waals surface area contributed by atoms with Crippen LogP contribution in [0.25, 0.3) is 0 Å². The van der Waals surface area contributed by atoms with Gasteiger partial charge in [-0.2, -0.15) is 8.42 Å². The van der Waals surface area contributed by atoms with Crippen molar-refractivity contribution in [1.82, 2.24) is 29.0 Å². The van der Waals surface area contributed by atoms with Crippen LogP contribution >= 0.6 is 11.3 Å². The first kappa shape index (κ1) is 19.9. The fraction of sp³-hybridized carbons (Fsp3) is 0.429. The molecule has 0 atom stereocenters. The van der Waals surface area contributed by atoms with E-state index in [1.54, 1.807) is 6.92 Å². The first-order valence-electron chi connectivity index (χ1n) is 8.03. The molecule has 2 aromatic heterocycles. The molecule has 0 bridgehead atoms. The molecule has 14 heteroatoms. The minimum Gasteiger partial charge on any atom is -0.330 e. The number of nitrogens with one attached hydrogen (secondary N) is 1. The van der Waals surface area contributed by atoms with Crippen LogP contribution in [0.4, 0.5) is 0 Å². The van der Waals surface area contributed by atoms with Gasteiger partial charge in [0.05, 0.1) is 6.54 Å². The second-order valence-corrected chi connectivity index (χ2v) is 9.29. The fourth-order valence-electron chi connectivity index (χ4n) is 2.58. The highest BCUT2D eigenvalue weighted by atomic mass is 32.2. The van der Waals surface area contributed by atoms with Crippen molar-refractivity contribution in [3.63, 3.8) is 0 Å². The van der Waals surface area contributed by atoms with Gasteiger partial charge in [-0.25, -0.2) is 9.10 Å². The lowest BCUT2D eigenvalue weighted by atomic mass is 10.3. The number of aromatic amines is 1. The molecule has 1 fully saturated rings. The van der Waals surface area contributed by atoms with Crippen molar-refractivity contribution < 1.29 is 18.0 Å². The number of piperazine rings is 1. The fourth-order valence-corrected chi connectivity index (χ4v) is 5.03. The van der Waals surface area contributed by atoms with Crippen LogP contribution in [-0.2, 0) is 26.2 Å². The largest absolute Gasteiger partial charge is 0.330 e. The Morgan fingerprint density at radius 3 is 2.54 bits per heavy atom. The highest BCUT2D eigenvalue weighted by Gasteiger charge is 2.37. The summed E-state index contributed by atoms with van der Waals surface area (Å²) in [5.41, 5.74) is -1.04. The predicted octanol–water partition coefficient (Wildman–Crippen LogP) is -1.94. The second-order valence-electron chi connectivity index (χ2n) is 6.07. The lowest BCUT2D eigenvalue weighted by Crippen LogP contribution is -2.54. The van der Waals surface area contributed by atoms with Gasteiger partial charge in [-0.3, -0.25) is 23.9 Å². The maximum Gasteiger partial charge on any atom is 0.328 e. The zero-order chi connectivity index (χ0) is 20.6. The molecule has 150 valence electrons. The number of carbonyl (C=O) groups excluding carboxylic acids is 2. The third-order valence-corrected chi connectivity index (χ3v) is 7.05. The van der Waals surface area contributed by atoms with E-state index in [0.717, 1.165) is 20.8 Å². The Labute approximate surface area is 162 Å². The second kappa shape index (κ2) is 7.27. The summed E-state index contributed by atoms with van der Waals surface area (Å²) in [5.74, 6) is -1.33. The third-order valence-electron chi connectivity index (χ3n) is 4.04. The van der Waals surface area contributed by atoms with Gasteiger partial charge in [0.25, 0.3) is 25.8 Å². The van der Waals surface area contributed by atoms with Gasteiger partial charge in [0.1, 0.15) is 18.1 Å². The summed E-state index contributed by atoms with van der Waals surface area (Å²) in [6, 6.07) is 0. The first-order chi connectivity index (χ1) is 13.1. The summed E-state index contributed by atoms with van der Waals surface area (Å²) in [5, 5.41) is 7.66. The number of nitrogens with zero attached hydrogens (tertiary/aromatic N) is 5. The van der Waals surface area contributed by atoms with E-state index < -0.39 is 39.6 Å². The van der Waals surface area contributed by atoms with Gasteiger partial charge in [0.2, 0.25) is 5.91 Å². The van der Waals surface area contributed by atoms with Crippen LogP contribution in [-0.4, -0.2) is 68.8 Å². The first-order valence-corrected chi connectivity index (χ1v) is 10.3. The van der Waals surface area contributed by atoms with Crippen LogP contribution < -0.4 is 11.2 Å². The smallest absolute Gasteiger partial charge is 0.328 e. The van der Waals surface area contributed by atoms with E-state index in [-0.39, 0.29) is 29.5 Å². The van der Waals surface area contributed by atoms with Crippen LogP contribution in [0.5, 0.6) is 0 Å². The molecule has 1 saturated heterocycles. The van der Waals surface area contributed by atoms with Gasteiger partial charge in [0, 0.05) is 18.3 Å². The van der Waals surface area contributed by atoms with E-state index in [9.17, 15) is 27.6 Å². The average Bonchev–Trinajstić information content (AvgIpc) is 3.06. The van der Waals surface area contributed by atoms with Crippen molar-refractivity contribution in [3.05, 3.63) is 37.6 Å². The van der Waals surface area contributed by atoms with Gasteiger partial charge in [-0.1, -0.05) is 11.3 Å². The van der Waals surface area contributed by atoms with E-state index in [2.05, 4.69) is 15.2 Å². The number of H-pyrrole nitrogens is 1. The van der Waals surface area contributed by atoms with Crippen molar-refractivity contribution in [2.75, 3.05) is 19.6 Å². The van der Waals surface area contributed by atoms with Crippen molar-refractivity contribution in [1.29, 1.82) is 0 Å². The molecular formula is C14H16N6O6S2. The van der Waals surface area contributed by atoms with Crippen LogP contribution in [0.15, 0.2) is 20.1 Å². The van der Waals surface area contributed by atoms with Gasteiger partial charge < -0.3 is 4.90 Å². The molecule has 3 rings (SSSR count).